The fraction of sp³-hybridized carbons (Fsp3) is 0.933. The highest BCUT2D eigenvalue weighted by molar-refractivity contribution is 5.76. The summed E-state index contributed by atoms with van der Waals surface area (Å²) in [6.45, 7) is 13.8. The SMILES string of the molecule is CCCNC1CCN(C(=O)CC(C)(C)C)CC1C. The molecule has 106 valence electrons. The number of hydrogen-bond donors (Lipinski definition) is 1. The van der Waals surface area contributed by atoms with Crippen molar-refractivity contribution in [1.82, 2.24) is 10.2 Å². The highest BCUT2D eigenvalue weighted by Crippen LogP contribution is 2.23. The number of rotatable bonds is 4. The zero-order chi connectivity index (χ0) is 13.8. The van der Waals surface area contributed by atoms with Crippen molar-refractivity contribution in [1.29, 1.82) is 0 Å². The van der Waals surface area contributed by atoms with Gasteiger partial charge in [0.05, 0.1) is 0 Å². The molecule has 1 fully saturated rings. The van der Waals surface area contributed by atoms with Gasteiger partial charge in [-0.2, -0.15) is 0 Å². The molecule has 1 heterocycles. The second kappa shape index (κ2) is 6.55. The second-order valence-electron chi connectivity index (χ2n) is 6.90. The Bertz CT molecular complexity index is 270. The van der Waals surface area contributed by atoms with Crippen molar-refractivity contribution >= 4 is 5.91 Å². The van der Waals surface area contributed by atoms with Crippen LogP contribution >= 0.6 is 0 Å². The third kappa shape index (κ3) is 4.97. The highest BCUT2D eigenvalue weighted by atomic mass is 16.2. The van der Waals surface area contributed by atoms with Crippen LogP contribution in [-0.4, -0.2) is 36.5 Å². The third-order valence-corrected chi connectivity index (χ3v) is 3.60. The maximum Gasteiger partial charge on any atom is 0.223 e. The molecule has 1 N–H and O–H groups in total. The molecule has 0 saturated carbocycles. The van der Waals surface area contributed by atoms with Gasteiger partial charge in [0.15, 0.2) is 0 Å². The fourth-order valence-electron chi connectivity index (χ4n) is 2.57. The molecule has 1 amide bonds. The number of nitrogens with one attached hydrogen (secondary N) is 1. The third-order valence-electron chi connectivity index (χ3n) is 3.60. The van der Waals surface area contributed by atoms with Crippen LogP contribution in [0.3, 0.4) is 0 Å². The summed E-state index contributed by atoms with van der Waals surface area (Å²) < 4.78 is 0. The normalized spacial score (nSPS) is 25.3. The number of piperidine rings is 1. The molecule has 3 nitrogen and oxygen atoms in total. The van der Waals surface area contributed by atoms with Gasteiger partial charge in [0.1, 0.15) is 0 Å². The van der Waals surface area contributed by atoms with E-state index in [1.165, 1.54) is 6.42 Å². The van der Waals surface area contributed by atoms with Gasteiger partial charge in [0, 0.05) is 25.6 Å². The zero-order valence-corrected chi connectivity index (χ0v) is 12.8. The molecule has 1 rings (SSSR count). The van der Waals surface area contributed by atoms with Gasteiger partial charge in [0.25, 0.3) is 0 Å². The smallest absolute Gasteiger partial charge is 0.223 e. The molecule has 2 unspecified atom stereocenters. The lowest BCUT2D eigenvalue weighted by molar-refractivity contribution is -0.135. The molecule has 0 spiro atoms. The first kappa shape index (κ1) is 15.5. The van der Waals surface area contributed by atoms with Gasteiger partial charge in [-0.05, 0) is 30.7 Å². The molecule has 0 aliphatic carbocycles. The van der Waals surface area contributed by atoms with Crippen LogP contribution in [-0.2, 0) is 4.79 Å². The lowest BCUT2D eigenvalue weighted by atomic mass is 9.89. The van der Waals surface area contributed by atoms with Crippen LogP contribution in [0.25, 0.3) is 0 Å². The van der Waals surface area contributed by atoms with Gasteiger partial charge in [-0.3, -0.25) is 4.79 Å². The van der Waals surface area contributed by atoms with Crippen LogP contribution in [0.15, 0.2) is 0 Å². The molecule has 1 aliphatic heterocycles. The second-order valence-corrected chi connectivity index (χ2v) is 6.90. The minimum Gasteiger partial charge on any atom is -0.342 e. The first-order valence-electron chi connectivity index (χ1n) is 7.34. The van der Waals surface area contributed by atoms with Gasteiger partial charge in [-0.15, -0.1) is 0 Å². The van der Waals surface area contributed by atoms with E-state index in [2.05, 4.69) is 44.8 Å². The largest absolute Gasteiger partial charge is 0.342 e. The molecule has 0 aromatic heterocycles. The molecule has 0 aromatic carbocycles. The van der Waals surface area contributed by atoms with E-state index in [9.17, 15) is 4.79 Å². The Labute approximate surface area is 112 Å². The predicted molar refractivity (Wildman–Crippen MR) is 76.5 cm³/mol. The number of carbonyl (C=O) groups is 1. The maximum absolute atomic E-state index is 12.2. The van der Waals surface area contributed by atoms with Crippen LogP contribution in [0.5, 0.6) is 0 Å². The summed E-state index contributed by atoms with van der Waals surface area (Å²) in [5.74, 6) is 0.887. The van der Waals surface area contributed by atoms with E-state index in [0.29, 0.717) is 24.3 Å². The van der Waals surface area contributed by atoms with E-state index in [4.69, 9.17) is 0 Å². The van der Waals surface area contributed by atoms with Crippen molar-refractivity contribution in [3.05, 3.63) is 0 Å². The van der Waals surface area contributed by atoms with Gasteiger partial charge in [-0.1, -0.05) is 34.6 Å². The topological polar surface area (TPSA) is 32.3 Å². The van der Waals surface area contributed by atoms with Crippen LogP contribution in [0.2, 0.25) is 0 Å². The molecule has 0 aromatic rings. The lowest BCUT2D eigenvalue weighted by Crippen LogP contribution is -2.50. The summed E-state index contributed by atoms with van der Waals surface area (Å²) in [5, 5.41) is 3.59. The Balaban J connectivity index is 2.43. The molecule has 0 bridgehead atoms. The molecule has 3 heteroatoms. The Hall–Kier alpha value is -0.570. The van der Waals surface area contributed by atoms with Gasteiger partial charge >= 0.3 is 0 Å². The van der Waals surface area contributed by atoms with Crippen LogP contribution in [0.4, 0.5) is 0 Å². The summed E-state index contributed by atoms with van der Waals surface area (Å²) >= 11 is 0. The van der Waals surface area contributed by atoms with Crippen molar-refractivity contribution in [2.24, 2.45) is 11.3 Å². The minimum atomic E-state index is 0.0949. The molecular weight excluding hydrogens is 224 g/mol. The van der Waals surface area contributed by atoms with E-state index >= 15 is 0 Å². The number of nitrogens with zero attached hydrogens (tertiary/aromatic N) is 1. The highest BCUT2D eigenvalue weighted by Gasteiger charge is 2.29. The van der Waals surface area contributed by atoms with Crippen molar-refractivity contribution in [3.63, 3.8) is 0 Å². The average molecular weight is 254 g/mol. The van der Waals surface area contributed by atoms with Gasteiger partial charge in [-0.25, -0.2) is 0 Å². The van der Waals surface area contributed by atoms with E-state index in [0.717, 1.165) is 26.1 Å². The van der Waals surface area contributed by atoms with Crippen molar-refractivity contribution in [3.8, 4) is 0 Å². The Morgan fingerprint density at radius 2 is 2.06 bits per heavy atom. The average Bonchev–Trinajstić information content (AvgIpc) is 2.25. The molecular formula is C15H30N2O. The van der Waals surface area contributed by atoms with Crippen LogP contribution < -0.4 is 5.32 Å². The Morgan fingerprint density at radius 1 is 1.39 bits per heavy atom. The van der Waals surface area contributed by atoms with E-state index in [1.807, 2.05) is 0 Å². The summed E-state index contributed by atoms with van der Waals surface area (Å²) in [4.78, 5) is 14.2. The van der Waals surface area contributed by atoms with E-state index in [-0.39, 0.29) is 5.41 Å². The van der Waals surface area contributed by atoms with E-state index < -0.39 is 0 Å². The van der Waals surface area contributed by atoms with Crippen LogP contribution in [0, 0.1) is 11.3 Å². The first-order chi connectivity index (χ1) is 8.33. The molecule has 2 atom stereocenters. The summed E-state index contributed by atoms with van der Waals surface area (Å²) in [7, 11) is 0. The van der Waals surface area contributed by atoms with Crippen molar-refractivity contribution in [2.45, 2.75) is 59.9 Å². The number of carbonyl (C=O) groups excluding carboxylic acids is 1. The standard InChI is InChI=1S/C15H30N2O/c1-6-8-16-13-7-9-17(11-12(13)2)14(18)10-15(3,4)5/h12-13,16H,6-11H2,1-5H3. The first-order valence-corrected chi connectivity index (χ1v) is 7.34. The van der Waals surface area contributed by atoms with Gasteiger partial charge in [0.2, 0.25) is 5.91 Å². The summed E-state index contributed by atoms with van der Waals surface area (Å²) in [6.07, 6.45) is 2.93. The van der Waals surface area contributed by atoms with E-state index in [1.54, 1.807) is 0 Å². The summed E-state index contributed by atoms with van der Waals surface area (Å²) in [5.41, 5.74) is 0.0949. The lowest BCUT2D eigenvalue weighted by Gasteiger charge is -2.38. The van der Waals surface area contributed by atoms with Gasteiger partial charge < -0.3 is 10.2 Å². The maximum atomic E-state index is 12.2. The predicted octanol–water partition coefficient (Wildman–Crippen LogP) is 2.66. The molecule has 0 radical (unpaired) electrons. The number of amides is 1. The zero-order valence-electron chi connectivity index (χ0n) is 12.8. The van der Waals surface area contributed by atoms with Crippen molar-refractivity contribution in [2.75, 3.05) is 19.6 Å². The van der Waals surface area contributed by atoms with Crippen molar-refractivity contribution < 1.29 is 4.79 Å². The molecule has 1 saturated heterocycles. The Kier molecular flexibility index (Phi) is 5.64. The summed E-state index contributed by atoms with van der Waals surface area (Å²) in [6, 6.07) is 0.587. The van der Waals surface area contributed by atoms with Crippen LogP contribution in [0.1, 0.15) is 53.9 Å². The minimum absolute atomic E-state index is 0.0949. The number of likely N-dealkylation sites (tertiary alicyclic amines) is 1. The molecule has 1 aliphatic rings. The number of hydrogen-bond acceptors (Lipinski definition) is 2. The Morgan fingerprint density at radius 3 is 2.56 bits per heavy atom. The monoisotopic (exact) mass is 254 g/mol. The molecule has 18 heavy (non-hydrogen) atoms. The quantitative estimate of drug-likeness (QED) is 0.836. The fourth-order valence-corrected chi connectivity index (χ4v) is 2.57.